The fourth-order valence-corrected chi connectivity index (χ4v) is 3.86. The van der Waals surface area contributed by atoms with Crippen LogP contribution in [0.4, 0.5) is 0 Å². The van der Waals surface area contributed by atoms with E-state index < -0.39 is 6.10 Å². The lowest BCUT2D eigenvalue weighted by molar-refractivity contribution is 0.0504. The fourth-order valence-electron chi connectivity index (χ4n) is 3.86. The van der Waals surface area contributed by atoms with Crippen LogP contribution in [0.1, 0.15) is 22.9 Å². The van der Waals surface area contributed by atoms with E-state index in [-0.39, 0.29) is 5.92 Å². The molecule has 1 aliphatic heterocycles. The van der Waals surface area contributed by atoms with Gasteiger partial charge in [0.1, 0.15) is 18.1 Å². The lowest BCUT2D eigenvalue weighted by Crippen LogP contribution is -2.27. The highest BCUT2D eigenvalue weighted by Gasteiger charge is 2.30. The van der Waals surface area contributed by atoms with Crippen molar-refractivity contribution in [3.63, 3.8) is 0 Å². The van der Waals surface area contributed by atoms with Crippen LogP contribution in [0.5, 0.6) is 11.5 Å². The van der Waals surface area contributed by atoms with Crippen LogP contribution in [0.15, 0.2) is 79.1 Å². The Kier molecular flexibility index (Phi) is 5.03. The predicted molar refractivity (Wildman–Crippen MR) is 114 cm³/mol. The van der Waals surface area contributed by atoms with Crippen molar-refractivity contribution in [1.29, 1.82) is 0 Å². The van der Waals surface area contributed by atoms with Gasteiger partial charge in [0.05, 0.1) is 23.9 Å². The molecule has 5 nitrogen and oxygen atoms in total. The molecule has 0 spiro atoms. The third-order valence-corrected chi connectivity index (χ3v) is 5.46. The summed E-state index contributed by atoms with van der Waals surface area (Å²) in [6.45, 7) is 0.837. The summed E-state index contributed by atoms with van der Waals surface area (Å²) < 4.78 is 11.9. The molecule has 0 saturated carbocycles. The van der Waals surface area contributed by atoms with Gasteiger partial charge in [-0.3, -0.25) is 4.98 Å². The largest absolute Gasteiger partial charge is 0.493 e. The fraction of sp³-hybridized carbons (Fsp3) is 0.200. The van der Waals surface area contributed by atoms with Crippen molar-refractivity contribution in [3.8, 4) is 11.5 Å². The minimum Gasteiger partial charge on any atom is -0.493 e. The van der Waals surface area contributed by atoms with Crippen LogP contribution in [-0.4, -0.2) is 21.7 Å². The number of hydrogen-bond acceptors (Lipinski definition) is 5. The van der Waals surface area contributed by atoms with Gasteiger partial charge < -0.3 is 14.6 Å². The topological polar surface area (TPSA) is 64.5 Å². The molecule has 0 saturated heterocycles. The van der Waals surface area contributed by atoms with Gasteiger partial charge in [-0.1, -0.05) is 30.3 Å². The molecule has 2 aromatic heterocycles. The summed E-state index contributed by atoms with van der Waals surface area (Å²) in [5.74, 6) is 1.37. The number of aliphatic hydroxyl groups is 1. The average Bonchev–Trinajstić information content (AvgIpc) is 2.80. The molecule has 5 heteroatoms. The molecule has 5 rings (SSSR count). The van der Waals surface area contributed by atoms with Crippen molar-refractivity contribution < 1.29 is 14.6 Å². The second-order valence-corrected chi connectivity index (χ2v) is 7.56. The van der Waals surface area contributed by atoms with Gasteiger partial charge in [-0.15, -0.1) is 0 Å². The molecule has 150 valence electrons. The summed E-state index contributed by atoms with van der Waals surface area (Å²) in [4.78, 5) is 8.80. The van der Waals surface area contributed by atoms with Crippen molar-refractivity contribution in [2.24, 2.45) is 5.92 Å². The number of aromatic nitrogens is 2. The molecule has 2 atom stereocenters. The molecule has 1 N–H and O–H groups in total. The number of rotatable bonds is 5. The normalized spacial score (nSPS) is 17.9. The maximum Gasteiger partial charge on any atom is 0.130 e. The molecular weight excluding hydrogens is 376 g/mol. The standard InChI is InChI=1S/C25H22N2O3/c28-25-19(12-17-4-3-11-26-14-17)15-30-24-10-9-21(13-22(24)25)29-16-20-8-7-18-5-1-2-6-23(18)27-20/h1-11,13-14,19,25,28H,12,15-16H2. The third-order valence-electron chi connectivity index (χ3n) is 5.46. The highest BCUT2D eigenvalue weighted by molar-refractivity contribution is 5.78. The van der Waals surface area contributed by atoms with Crippen LogP contribution in [0.2, 0.25) is 0 Å². The molecule has 2 unspecified atom stereocenters. The van der Waals surface area contributed by atoms with Gasteiger partial charge in [0.2, 0.25) is 0 Å². The third kappa shape index (κ3) is 3.84. The highest BCUT2D eigenvalue weighted by Crippen LogP contribution is 2.39. The van der Waals surface area contributed by atoms with E-state index in [1.165, 1.54) is 0 Å². The lowest BCUT2D eigenvalue weighted by atomic mass is 9.88. The van der Waals surface area contributed by atoms with Gasteiger partial charge in [0.25, 0.3) is 0 Å². The van der Waals surface area contributed by atoms with Crippen molar-refractivity contribution in [1.82, 2.24) is 9.97 Å². The van der Waals surface area contributed by atoms with Crippen molar-refractivity contribution in [2.45, 2.75) is 19.1 Å². The summed E-state index contributed by atoms with van der Waals surface area (Å²) in [5, 5.41) is 12.0. The number of benzene rings is 2. The Bertz CT molecular complexity index is 1160. The number of aliphatic hydroxyl groups excluding tert-OH is 1. The van der Waals surface area contributed by atoms with Crippen LogP contribution in [0.3, 0.4) is 0 Å². The molecule has 30 heavy (non-hydrogen) atoms. The van der Waals surface area contributed by atoms with E-state index in [0.717, 1.165) is 27.7 Å². The van der Waals surface area contributed by atoms with Gasteiger partial charge in [-0.2, -0.15) is 0 Å². The van der Waals surface area contributed by atoms with E-state index in [1.807, 2.05) is 66.9 Å². The first-order valence-corrected chi connectivity index (χ1v) is 10.1. The number of hydrogen-bond donors (Lipinski definition) is 1. The Hall–Kier alpha value is -3.44. The zero-order chi connectivity index (χ0) is 20.3. The molecule has 0 fully saturated rings. The summed E-state index contributed by atoms with van der Waals surface area (Å²) in [6.07, 6.45) is 3.68. The Morgan fingerprint density at radius 1 is 1.03 bits per heavy atom. The summed E-state index contributed by atoms with van der Waals surface area (Å²) >= 11 is 0. The summed E-state index contributed by atoms with van der Waals surface area (Å²) in [7, 11) is 0. The number of fused-ring (bicyclic) bond motifs is 2. The number of pyridine rings is 2. The van der Waals surface area contributed by atoms with Crippen LogP contribution in [0.25, 0.3) is 10.9 Å². The van der Waals surface area contributed by atoms with Gasteiger partial charge in [0, 0.05) is 29.3 Å². The zero-order valence-corrected chi connectivity index (χ0v) is 16.4. The van der Waals surface area contributed by atoms with E-state index in [0.29, 0.717) is 31.1 Å². The minimum atomic E-state index is -0.615. The van der Waals surface area contributed by atoms with Crippen LogP contribution < -0.4 is 9.47 Å². The number of para-hydroxylation sites is 1. The Morgan fingerprint density at radius 3 is 2.87 bits per heavy atom. The molecule has 0 radical (unpaired) electrons. The molecule has 4 aromatic rings. The predicted octanol–water partition coefficient (Wildman–Crippen LogP) is 4.49. The SMILES string of the molecule is OC1c2cc(OCc3ccc4ccccc4n3)ccc2OCC1Cc1cccnc1. The van der Waals surface area contributed by atoms with Gasteiger partial charge in [0.15, 0.2) is 0 Å². The van der Waals surface area contributed by atoms with Crippen LogP contribution in [0, 0.1) is 5.92 Å². The van der Waals surface area contributed by atoms with E-state index >= 15 is 0 Å². The van der Waals surface area contributed by atoms with Crippen LogP contribution in [-0.2, 0) is 13.0 Å². The Labute approximate surface area is 175 Å². The van der Waals surface area contributed by atoms with Gasteiger partial charge >= 0.3 is 0 Å². The molecular formula is C25H22N2O3. The number of ether oxygens (including phenoxy) is 2. The zero-order valence-electron chi connectivity index (χ0n) is 16.4. The Morgan fingerprint density at radius 2 is 1.97 bits per heavy atom. The second kappa shape index (κ2) is 8.13. The smallest absolute Gasteiger partial charge is 0.130 e. The maximum atomic E-state index is 10.9. The summed E-state index contributed by atoms with van der Waals surface area (Å²) in [6, 6.07) is 21.6. The quantitative estimate of drug-likeness (QED) is 0.536. The van der Waals surface area contributed by atoms with E-state index in [4.69, 9.17) is 9.47 Å². The lowest BCUT2D eigenvalue weighted by Gasteiger charge is -2.30. The first kappa shape index (κ1) is 18.6. The average molecular weight is 398 g/mol. The first-order chi connectivity index (χ1) is 14.8. The molecule has 3 heterocycles. The van der Waals surface area contributed by atoms with E-state index in [9.17, 15) is 5.11 Å². The second-order valence-electron chi connectivity index (χ2n) is 7.56. The summed E-state index contributed by atoms with van der Waals surface area (Å²) in [5.41, 5.74) is 3.66. The molecule has 2 aromatic carbocycles. The van der Waals surface area contributed by atoms with Gasteiger partial charge in [-0.25, -0.2) is 4.98 Å². The van der Waals surface area contributed by atoms with Crippen LogP contribution >= 0.6 is 0 Å². The van der Waals surface area contributed by atoms with Crippen molar-refractivity contribution in [3.05, 3.63) is 95.9 Å². The molecule has 0 bridgehead atoms. The Balaban J connectivity index is 1.30. The highest BCUT2D eigenvalue weighted by atomic mass is 16.5. The minimum absolute atomic E-state index is 0.0286. The monoisotopic (exact) mass is 398 g/mol. The molecule has 0 amide bonds. The van der Waals surface area contributed by atoms with Crippen molar-refractivity contribution in [2.75, 3.05) is 6.61 Å². The molecule has 0 aliphatic carbocycles. The number of nitrogens with zero attached hydrogens (tertiary/aromatic N) is 2. The van der Waals surface area contributed by atoms with E-state index in [1.54, 1.807) is 6.20 Å². The maximum absolute atomic E-state index is 10.9. The van der Waals surface area contributed by atoms with Gasteiger partial charge in [-0.05, 0) is 48.4 Å². The van der Waals surface area contributed by atoms with E-state index in [2.05, 4.69) is 16.0 Å². The molecule has 1 aliphatic rings. The van der Waals surface area contributed by atoms with Crippen molar-refractivity contribution >= 4 is 10.9 Å². The first-order valence-electron chi connectivity index (χ1n) is 10.1.